The minimum Gasteiger partial charge on any atom is -0.353 e. The number of benzene rings is 2. The minimum atomic E-state index is 0.544. The SMILES string of the molecule is N#Cc1ccc(Cl)cc1Nc1cccc2cccnc12. The molecule has 3 nitrogen and oxygen atoms in total. The Morgan fingerprint density at radius 2 is 1.90 bits per heavy atom. The van der Waals surface area contributed by atoms with E-state index in [9.17, 15) is 0 Å². The van der Waals surface area contributed by atoms with Crippen molar-refractivity contribution in [2.45, 2.75) is 0 Å². The third-order valence-electron chi connectivity index (χ3n) is 3.00. The molecule has 0 unspecified atom stereocenters. The van der Waals surface area contributed by atoms with Gasteiger partial charge in [-0.05, 0) is 30.3 Å². The number of fused-ring (bicyclic) bond motifs is 1. The number of hydrogen-bond donors (Lipinski definition) is 1. The Labute approximate surface area is 121 Å². The third-order valence-corrected chi connectivity index (χ3v) is 3.24. The van der Waals surface area contributed by atoms with Crippen LogP contribution in [0, 0.1) is 11.3 Å². The van der Waals surface area contributed by atoms with Crippen LogP contribution in [-0.4, -0.2) is 4.98 Å². The summed E-state index contributed by atoms with van der Waals surface area (Å²) in [6.45, 7) is 0. The van der Waals surface area contributed by atoms with Gasteiger partial charge in [0.2, 0.25) is 0 Å². The van der Waals surface area contributed by atoms with E-state index in [-0.39, 0.29) is 0 Å². The van der Waals surface area contributed by atoms with E-state index < -0.39 is 0 Å². The van der Waals surface area contributed by atoms with Crippen molar-refractivity contribution in [3.8, 4) is 6.07 Å². The van der Waals surface area contributed by atoms with Crippen molar-refractivity contribution in [2.75, 3.05) is 5.32 Å². The smallest absolute Gasteiger partial charge is 0.101 e. The van der Waals surface area contributed by atoms with Gasteiger partial charge < -0.3 is 5.32 Å². The molecule has 0 atom stereocenters. The van der Waals surface area contributed by atoms with Crippen LogP contribution in [0.3, 0.4) is 0 Å². The molecule has 0 amide bonds. The first kappa shape index (κ1) is 12.5. The van der Waals surface area contributed by atoms with Crippen LogP contribution in [0.15, 0.2) is 54.7 Å². The Morgan fingerprint density at radius 3 is 2.75 bits per heavy atom. The van der Waals surface area contributed by atoms with E-state index in [1.165, 1.54) is 0 Å². The first-order valence-corrected chi connectivity index (χ1v) is 6.46. The number of nitrogens with zero attached hydrogens (tertiary/aromatic N) is 2. The van der Waals surface area contributed by atoms with Gasteiger partial charge in [-0.3, -0.25) is 4.98 Å². The average Bonchev–Trinajstić information content (AvgIpc) is 2.48. The molecule has 0 saturated heterocycles. The van der Waals surface area contributed by atoms with E-state index in [4.69, 9.17) is 16.9 Å². The van der Waals surface area contributed by atoms with Gasteiger partial charge in [0, 0.05) is 16.6 Å². The molecule has 1 aromatic heterocycles. The molecule has 20 heavy (non-hydrogen) atoms. The zero-order valence-corrected chi connectivity index (χ0v) is 11.2. The van der Waals surface area contributed by atoms with E-state index >= 15 is 0 Å². The topological polar surface area (TPSA) is 48.7 Å². The lowest BCUT2D eigenvalue weighted by atomic mass is 10.1. The predicted octanol–water partition coefficient (Wildman–Crippen LogP) is 4.50. The van der Waals surface area contributed by atoms with Gasteiger partial charge in [-0.2, -0.15) is 5.26 Å². The molecular weight excluding hydrogens is 270 g/mol. The highest BCUT2D eigenvalue weighted by atomic mass is 35.5. The van der Waals surface area contributed by atoms with Crippen LogP contribution in [-0.2, 0) is 0 Å². The quantitative estimate of drug-likeness (QED) is 0.751. The fourth-order valence-corrected chi connectivity index (χ4v) is 2.24. The first-order chi connectivity index (χ1) is 9.78. The Bertz CT molecular complexity index is 816. The van der Waals surface area contributed by atoms with Crippen molar-refractivity contribution >= 4 is 33.9 Å². The maximum Gasteiger partial charge on any atom is 0.101 e. The van der Waals surface area contributed by atoms with Gasteiger partial charge in [-0.1, -0.05) is 29.8 Å². The molecule has 4 heteroatoms. The molecule has 0 bridgehead atoms. The highest BCUT2D eigenvalue weighted by molar-refractivity contribution is 6.31. The first-order valence-electron chi connectivity index (χ1n) is 6.08. The van der Waals surface area contributed by atoms with Crippen LogP contribution in [0.5, 0.6) is 0 Å². The van der Waals surface area contributed by atoms with Crippen LogP contribution in [0.2, 0.25) is 5.02 Å². The Morgan fingerprint density at radius 1 is 1.05 bits per heavy atom. The number of para-hydroxylation sites is 1. The zero-order valence-electron chi connectivity index (χ0n) is 10.5. The Kier molecular flexibility index (Phi) is 3.24. The summed E-state index contributed by atoms with van der Waals surface area (Å²) < 4.78 is 0. The van der Waals surface area contributed by atoms with E-state index in [0.29, 0.717) is 16.3 Å². The predicted molar refractivity (Wildman–Crippen MR) is 81.2 cm³/mol. The monoisotopic (exact) mass is 279 g/mol. The molecule has 0 fully saturated rings. The molecule has 0 aliphatic rings. The minimum absolute atomic E-state index is 0.544. The maximum absolute atomic E-state index is 9.15. The molecular formula is C16H10ClN3. The Hall–Kier alpha value is -2.57. The molecule has 96 valence electrons. The number of nitriles is 1. The number of aromatic nitrogens is 1. The van der Waals surface area contributed by atoms with Crippen LogP contribution in [0.4, 0.5) is 11.4 Å². The highest BCUT2D eigenvalue weighted by Crippen LogP contribution is 2.28. The summed E-state index contributed by atoms with van der Waals surface area (Å²) in [6, 6.07) is 17.1. The largest absolute Gasteiger partial charge is 0.353 e. The van der Waals surface area contributed by atoms with Crippen LogP contribution < -0.4 is 5.32 Å². The van der Waals surface area contributed by atoms with Crippen molar-refractivity contribution in [3.63, 3.8) is 0 Å². The zero-order chi connectivity index (χ0) is 13.9. The Balaban J connectivity index is 2.10. The van der Waals surface area contributed by atoms with Crippen molar-refractivity contribution < 1.29 is 0 Å². The summed E-state index contributed by atoms with van der Waals surface area (Å²) in [7, 11) is 0. The summed E-state index contributed by atoms with van der Waals surface area (Å²) in [5.41, 5.74) is 2.93. The van der Waals surface area contributed by atoms with Crippen LogP contribution in [0.25, 0.3) is 10.9 Å². The summed E-state index contributed by atoms with van der Waals surface area (Å²) in [5.74, 6) is 0. The van der Waals surface area contributed by atoms with Crippen molar-refractivity contribution in [1.29, 1.82) is 5.26 Å². The van der Waals surface area contributed by atoms with Crippen LogP contribution in [0.1, 0.15) is 5.56 Å². The van der Waals surface area contributed by atoms with E-state index in [2.05, 4.69) is 16.4 Å². The maximum atomic E-state index is 9.15. The van der Waals surface area contributed by atoms with Gasteiger partial charge in [-0.25, -0.2) is 0 Å². The number of anilines is 2. The number of nitrogens with one attached hydrogen (secondary N) is 1. The van der Waals surface area contributed by atoms with E-state index in [0.717, 1.165) is 16.6 Å². The molecule has 0 radical (unpaired) electrons. The van der Waals surface area contributed by atoms with Crippen LogP contribution >= 0.6 is 11.6 Å². The summed E-state index contributed by atoms with van der Waals surface area (Å²) in [6.07, 6.45) is 1.75. The van der Waals surface area contributed by atoms with Gasteiger partial charge in [-0.15, -0.1) is 0 Å². The second kappa shape index (κ2) is 5.20. The number of pyridine rings is 1. The third kappa shape index (κ3) is 2.29. The molecule has 1 N–H and O–H groups in total. The van der Waals surface area contributed by atoms with E-state index in [1.54, 1.807) is 24.4 Å². The summed E-state index contributed by atoms with van der Waals surface area (Å²) in [4.78, 5) is 4.38. The normalized spacial score (nSPS) is 10.2. The average molecular weight is 280 g/mol. The number of hydrogen-bond acceptors (Lipinski definition) is 3. The van der Waals surface area contributed by atoms with Gasteiger partial charge >= 0.3 is 0 Å². The van der Waals surface area contributed by atoms with Gasteiger partial charge in [0.25, 0.3) is 0 Å². The van der Waals surface area contributed by atoms with E-state index in [1.807, 2.05) is 30.3 Å². The molecule has 3 rings (SSSR count). The fourth-order valence-electron chi connectivity index (χ4n) is 2.07. The van der Waals surface area contributed by atoms with Gasteiger partial charge in [0.05, 0.1) is 22.5 Å². The molecule has 1 heterocycles. The molecule has 0 saturated carbocycles. The number of halogens is 1. The molecule has 0 aliphatic heterocycles. The molecule has 3 aromatic rings. The standard InChI is InChI=1S/C16H10ClN3/c17-13-7-6-12(10-18)15(9-13)20-14-5-1-3-11-4-2-8-19-16(11)14/h1-9,20H. The lowest BCUT2D eigenvalue weighted by Gasteiger charge is -2.10. The lowest BCUT2D eigenvalue weighted by molar-refractivity contribution is 1.40. The second-order valence-corrected chi connectivity index (χ2v) is 4.74. The summed E-state index contributed by atoms with van der Waals surface area (Å²) in [5, 5.41) is 14.0. The second-order valence-electron chi connectivity index (χ2n) is 4.31. The fraction of sp³-hybridized carbons (Fsp3) is 0. The van der Waals surface area contributed by atoms with Gasteiger partial charge in [0.1, 0.15) is 6.07 Å². The summed E-state index contributed by atoms with van der Waals surface area (Å²) >= 11 is 5.99. The van der Waals surface area contributed by atoms with Crippen molar-refractivity contribution in [1.82, 2.24) is 4.98 Å². The van der Waals surface area contributed by atoms with Crippen molar-refractivity contribution in [2.24, 2.45) is 0 Å². The highest BCUT2D eigenvalue weighted by Gasteiger charge is 2.06. The van der Waals surface area contributed by atoms with Gasteiger partial charge in [0.15, 0.2) is 0 Å². The van der Waals surface area contributed by atoms with Crippen molar-refractivity contribution in [3.05, 3.63) is 65.3 Å². The number of rotatable bonds is 2. The lowest BCUT2D eigenvalue weighted by Crippen LogP contribution is -1.95. The molecule has 2 aromatic carbocycles. The molecule has 0 spiro atoms. The molecule has 0 aliphatic carbocycles.